The van der Waals surface area contributed by atoms with E-state index in [2.05, 4.69) is 29.5 Å². The molecular formula is C8H10N2. The van der Waals surface area contributed by atoms with Crippen LogP contribution < -0.4 is 5.43 Å². The van der Waals surface area contributed by atoms with Crippen LogP contribution in [-0.2, 0) is 0 Å². The van der Waals surface area contributed by atoms with Gasteiger partial charge in [0, 0.05) is 12.4 Å². The van der Waals surface area contributed by atoms with Gasteiger partial charge in [0.25, 0.3) is 0 Å². The summed E-state index contributed by atoms with van der Waals surface area (Å²) in [5.41, 5.74) is 4.50. The lowest BCUT2D eigenvalue weighted by Crippen LogP contribution is -2.33. The normalized spacial score (nSPS) is 27.9. The van der Waals surface area contributed by atoms with Crippen LogP contribution in [0.1, 0.15) is 6.92 Å². The van der Waals surface area contributed by atoms with Crippen LogP contribution in [0.15, 0.2) is 36.2 Å². The maximum Gasteiger partial charge on any atom is 0.0905 e. The third-order valence-corrected chi connectivity index (χ3v) is 1.86. The van der Waals surface area contributed by atoms with Gasteiger partial charge in [-0.05, 0) is 18.6 Å². The third-order valence-electron chi connectivity index (χ3n) is 1.86. The standard InChI is InChI=1S/C8H10N2/c1-7-6-9-10-5-3-2-4-8(7)10/h2-6,8-9H,1H3. The van der Waals surface area contributed by atoms with Gasteiger partial charge in [-0.3, -0.25) is 5.01 Å². The SMILES string of the molecule is CC1=CNN2C=CC=CC12. The second kappa shape index (κ2) is 1.90. The van der Waals surface area contributed by atoms with E-state index >= 15 is 0 Å². The summed E-state index contributed by atoms with van der Waals surface area (Å²) in [6, 6.07) is 0.449. The van der Waals surface area contributed by atoms with Crippen molar-refractivity contribution in [2.24, 2.45) is 0 Å². The van der Waals surface area contributed by atoms with Gasteiger partial charge in [-0.25, -0.2) is 0 Å². The third kappa shape index (κ3) is 0.652. The monoisotopic (exact) mass is 134 g/mol. The Morgan fingerprint density at radius 1 is 1.50 bits per heavy atom. The highest BCUT2D eigenvalue weighted by atomic mass is 15.5. The summed E-state index contributed by atoms with van der Waals surface area (Å²) in [6.45, 7) is 2.13. The minimum atomic E-state index is 0.449. The molecule has 0 saturated carbocycles. The molecular weight excluding hydrogens is 124 g/mol. The van der Waals surface area contributed by atoms with Gasteiger partial charge in [-0.1, -0.05) is 12.2 Å². The molecule has 0 amide bonds. The fourth-order valence-electron chi connectivity index (χ4n) is 1.25. The Morgan fingerprint density at radius 2 is 2.40 bits per heavy atom. The molecule has 2 heteroatoms. The van der Waals surface area contributed by atoms with Gasteiger partial charge in [0.1, 0.15) is 0 Å². The van der Waals surface area contributed by atoms with Crippen molar-refractivity contribution in [1.82, 2.24) is 10.4 Å². The molecule has 52 valence electrons. The van der Waals surface area contributed by atoms with Crippen LogP contribution in [0, 0.1) is 0 Å². The first-order chi connectivity index (χ1) is 4.88. The number of hydrazine groups is 1. The zero-order chi connectivity index (χ0) is 6.97. The van der Waals surface area contributed by atoms with Crippen molar-refractivity contribution < 1.29 is 0 Å². The van der Waals surface area contributed by atoms with Crippen molar-refractivity contribution in [3.63, 3.8) is 0 Å². The Kier molecular flexibility index (Phi) is 1.07. The molecule has 10 heavy (non-hydrogen) atoms. The zero-order valence-electron chi connectivity index (χ0n) is 5.91. The summed E-state index contributed by atoms with van der Waals surface area (Å²) < 4.78 is 0. The van der Waals surface area contributed by atoms with Crippen molar-refractivity contribution in [3.8, 4) is 0 Å². The van der Waals surface area contributed by atoms with E-state index in [1.54, 1.807) is 0 Å². The lowest BCUT2D eigenvalue weighted by atomic mass is 10.1. The van der Waals surface area contributed by atoms with Crippen molar-refractivity contribution in [2.75, 3.05) is 0 Å². The van der Waals surface area contributed by atoms with E-state index in [-0.39, 0.29) is 0 Å². The van der Waals surface area contributed by atoms with E-state index in [1.807, 2.05) is 18.5 Å². The minimum absolute atomic E-state index is 0.449. The average molecular weight is 134 g/mol. The van der Waals surface area contributed by atoms with Gasteiger partial charge in [0.2, 0.25) is 0 Å². The average Bonchev–Trinajstić information content (AvgIpc) is 2.34. The summed E-state index contributed by atoms with van der Waals surface area (Å²) in [5, 5.41) is 2.08. The molecule has 0 fully saturated rings. The molecule has 2 aliphatic heterocycles. The van der Waals surface area contributed by atoms with Crippen molar-refractivity contribution in [2.45, 2.75) is 13.0 Å². The molecule has 1 atom stereocenters. The smallest absolute Gasteiger partial charge is 0.0905 e. The Bertz CT molecular complexity index is 225. The van der Waals surface area contributed by atoms with E-state index in [4.69, 9.17) is 0 Å². The second-order valence-electron chi connectivity index (χ2n) is 2.60. The predicted octanol–water partition coefficient (Wildman–Crippen LogP) is 1.16. The summed E-state index contributed by atoms with van der Waals surface area (Å²) in [6.07, 6.45) is 10.3. The topological polar surface area (TPSA) is 15.3 Å². The maximum atomic E-state index is 3.14. The fourth-order valence-corrected chi connectivity index (χ4v) is 1.25. The van der Waals surface area contributed by atoms with Crippen molar-refractivity contribution >= 4 is 0 Å². The predicted molar refractivity (Wildman–Crippen MR) is 40.8 cm³/mol. The van der Waals surface area contributed by atoms with Crippen molar-refractivity contribution in [3.05, 3.63) is 36.2 Å². The number of nitrogens with one attached hydrogen (secondary N) is 1. The summed E-state index contributed by atoms with van der Waals surface area (Å²) in [4.78, 5) is 0. The minimum Gasteiger partial charge on any atom is -0.305 e. The molecule has 0 aromatic rings. The lowest BCUT2D eigenvalue weighted by Gasteiger charge is -2.23. The molecule has 0 aromatic heterocycles. The van der Waals surface area contributed by atoms with Gasteiger partial charge in [-0.2, -0.15) is 0 Å². The van der Waals surface area contributed by atoms with E-state index in [0.29, 0.717) is 6.04 Å². The number of rotatable bonds is 0. The molecule has 1 unspecified atom stereocenters. The first-order valence-corrected chi connectivity index (χ1v) is 3.44. The molecule has 2 nitrogen and oxygen atoms in total. The quantitative estimate of drug-likeness (QED) is 0.535. The molecule has 0 saturated heterocycles. The Morgan fingerprint density at radius 3 is 3.20 bits per heavy atom. The van der Waals surface area contributed by atoms with Crippen LogP contribution >= 0.6 is 0 Å². The fraction of sp³-hybridized carbons (Fsp3) is 0.250. The number of allylic oxidation sites excluding steroid dienone is 2. The Labute approximate surface area is 60.5 Å². The van der Waals surface area contributed by atoms with Gasteiger partial charge in [0.15, 0.2) is 0 Å². The largest absolute Gasteiger partial charge is 0.305 e. The lowest BCUT2D eigenvalue weighted by molar-refractivity contribution is 0.319. The molecule has 0 bridgehead atoms. The Hall–Kier alpha value is -1.18. The molecule has 1 N–H and O–H groups in total. The first kappa shape index (κ1) is 5.59. The summed E-state index contributed by atoms with van der Waals surface area (Å²) in [7, 11) is 0. The van der Waals surface area contributed by atoms with E-state index in [1.165, 1.54) is 5.57 Å². The van der Waals surface area contributed by atoms with Crippen molar-refractivity contribution in [1.29, 1.82) is 0 Å². The van der Waals surface area contributed by atoms with Crippen LogP contribution in [0.5, 0.6) is 0 Å². The van der Waals surface area contributed by atoms with Gasteiger partial charge < -0.3 is 5.43 Å². The molecule has 0 aliphatic carbocycles. The molecule has 0 spiro atoms. The van der Waals surface area contributed by atoms with Crippen LogP contribution in [0.4, 0.5) is 0 Å². The summed E-state index contributed by atoms with van der Waals surface area (Å²) in [5.74, 6) is 0. The number of hydrogen-bond acceptors (Lipinski definition) is 2. The number of fused-ring (bicyclic) bond motifs is 1. The van der Waals surface area contributed by atoms with E-state index in [0.717, 1.165) is 0 Å². The molecule has 2 aliphatic rings. The zero-order valence-corrected chi connectivity index (χ0v) is 5.91. The van der Waals surface area contributed by atoms with Crippen LogP contribution in [0.2, 0.25) is 0 Å². The second-order valence-corrected chi connectivity index (χ2v) is 2.60. The molecule has 0 radical (unpaired) electrons. The van der Waals surface area contributed by atoms with Gasteiger partial charge in [-0.15, -0.1) is 0 Å². The number of hydrogen-bond donors (Lipinski definition) is 1. The van der Waals surface area contributed by atoms with Crippen LogP contribution in [0.25, 0.3) is 0 Å². The highest BCUT2D eigenvalue weighted by Crippen LogP contribution is 2.18. The van der Waals surface area contributed by atoms with E-state index in [9.17, 15) is 0 Å². The molecule has 0 aromatic carbocycles. The van der Waals surface area contributed by atoms with Crippen LogP contribution in [-0.4, -0.2) is 11.1 Å². The maximum absolute atomic E-state index is 3.14. The van der Waals surface area contributed by atoms with Gasteiger partial charge >= 0.3 is 0 Å². The van der Waals surface area contributed by atoms with Gasteiger partial charge in [0.05, 0.1) is 6.04 Å². The highest BCUT2D eigenvalue weighted by molar-refractivity contribution is 5.26. The Balaban J connectivity index is 2.27. The van der Waals surface area contributed by atoms with E-state index < -0.39 is 0 Å². The van der Waals surface area contributed by atoms with Crippen LogP contribution in [0.3, 0.4) is 0 Å². The number of nitrogens with zero attached hydrogens (tertiary/aromatic N) is 1. The highest BCUT2D eigenvalue weighted by Gasteiger charge is 2.19. The summed E-state index contributed by atoms with van der Waals surface area (Å²) >= 11 is 0. The first-order valence-electron chi connectivity index (χ1n) is 3.44. The molecule has 2 heterocycles. The molecule has 2 rings (SSSR count).